The average molecular weight is 500 g/mol. The third-order valence-corrected chi connectivity index (χ3v) is 5.33. The molecule has 0 saturated carbocycles. The van der Waals surface area contributed by atoms with E-state index >= 15 is 0 Å². The number of methoxy groups -OCH3 is 3. The molecule has 0 aliphatic heterocycles. The fraction of sp³-hybridized carbons (Fsp3) is 0.231. The van der Waals surface area contributed by atoms with Gasteiger partial charge in [-0.15, -0.1) is 0 Å². The summed E-state index contributed by atoms with van der Waals surface area (Å²) < 4.78 is 27.0. The van der Waals surface area contributed by atoms with Crippen LogP contribution in [0.3, 0.4) is 0 Å². The van der Waals surface area contributed by atoms with E-state index in [0.717, 1.165) is 0 Å². The second-order valence-corrected chi connectivity index (χ2v) is 7.58. The Morgan fingerprint density at radius 1 is 0.857 bits per heavy atom. The van der Waals surface area contributed by atoms with Gasteiger partial charge in [0, 0.05) is 23.3 Å². The van der Waals surface area contributed by atoms with Crippen molar-refractivity contribution in [2.75, 3.05) is 33.3 Å². The maximum atomic E-state index is 13.1. The molecule has 9 heteroatoms. The van der Waals surface area contributed by atoms with E-state index in [1.165, 1.54) is 33.5 Å². The van der Waals surface area contributed by atoms with Gasteiger partial charge in [0.25, 0.3) is 5.91 Å². The maximum Gasteiger partial charge on any atom is 0.340 e. The Bertz CT molecular complexity index is 1210. The predicted octanol–water partition coefficient (Wildman–Crippen LogP) is 5.37. The first kappa shape index (κ1) is 25.7. The van der Waals surface area contributed by atoms with Crippen molar-refractivity contribution in [1.82, 2.24) is 0 Å². The molecule has 0 bridgehead atoms. The molecular weight excluding hydrogens is 474 g/mol. The minimum Gasteiger partial charge on any atom is -0.493 e. The molecule has 0 saturated heterocycles. The third kappa shape index (κ3) is 6.16. The van der Waals surface area contributed by atoms with Crippen molar-refractivity contribution in [3.05, 3.63) is 76.3 Å². The van der Waals surface area contributed by atoms with Crippen LogP contribution in [0.2, 0.25) is 5.02 Å². The summed E-state index contributed by atoms with van der Waals surface area (Å²) in [6.07, 6.45) is 0. The smallest absolute Gasteiger partial charge is 0.340 e. The quantitative estimate of drug-likeness (QED) is 0.375. The van der Waals surface area contributed by atoms with Gasteiger partial charge in [-0.05, 0) is 37.3 Å². The molecule has 0 fully saturated rings. The number of rotatable bonds is 10. The number of ether oxygens (including phenoxy) is 5. The van der Waals surface area contributed by atoms with Gasteiger partial charge in [0.2, 0.25) is 0 Å². The zero-order valence-electron chi connectivity index (χ0n) is 19.8. The van der Waals surface area contributed by atoms with Crippen LogP contribution in [0, 0.1) is 0 Å². The van der Waals surface area contributed by atoms with E-state index in [2.05, 4.69) is 5.32 Å². The topological polar surface area (TPSA) is 92.3 Å². The summed E-state index contributed by atoms with van der Waals surface area (Å²) in [5.74, 6) is 0.671. The highest BCUT2D eigenvalue weighted by Gasteiger charge is 2.20. The lowest BCUT2D eigenvalue weighted by Crippen LogP contribution is -2.16. The van der Waals surface area contributed by atoms with Gasteiger partial charge in [0.05, 0.1) is 44.2 Å². The van der Waals surface area contributed by atoms with Gasteiger partial charge in [-0.2, -0.15) is 0 Å². The SMILES string of the molecule is CCOc1ccc(C(=O)Nc2cc(OC)c(OC)cc2C(=O)OC)cc1COc1ccccc1Cl. The van der Waals surface area contributed by atoms with Crippen LogP contribution in [0.1, 0.15) is 33.2 Å². The second-order valence-electron chi connectivity index (χ2n) is 7.17. The normalized spacial score (nSPS) is 10.3. The molecule has 3 aromatic carbocycles. The van der Waals surface area contributed by atoms with Crippen LogP contribution in [-0.2, 0) is 11.3 Å². The average Bonchev–Trinajstić information content (AvgIpc) is 2.88. The molecule has 184 valence electrons. The van der Waals surface area contributed by atoms with Crippen LogP contribution in [0.25, 0.3) is 0 Å². The van der Waals surface area contributed by atoms with Crippen molar-refractivity contribution < 1.29 is 33.3 Å². The van der Waals surface area contributed by atoms with Crippen molar-refractivity contribution in [2.45, 2.75) is 13.5 Å². The molecule has 1 amide bonds. The Hall–Kier alpha value is -3.91. The van der Waals surface area contributed by atoms with Crippen molar-refractivity contribution in [3.8, 4) is 23.0 Å². The number of nitrogens with one attached hydrogen (secondary N) is 1. The number of esters is 1. The summed E-state index contributed by atoms with van der Waals surface area (Å²) in [6.45, 7) is 2.44. The van der Waals surface area contributed by atoms with Crippen LogP contribution < -0.4 is 24.3 Å². The summed E-state index contributed by atoms with van der Waals surface area (Å²) in [5, 5.41) is 3.23. The zero-order chi connectivity index (χ0) is 25.4. The van der Waals surface area contributed by atoms with Crippen LogP contribution >= 0.6 is 11.6 Å². The molecule has 0 unspecified atom stereocenters. The fourth-order valence-corrected chi connectivity index (χ4v) is 3.49. The lowest BCUT2D eigenvalue weighted by Gasteiger charge is -2.16. The van der Waals surface area contributed by atoms with Crippen molar-refractivity contribution >= 4 is 29.2 Å². The van der Waals surface area contributed by atoms with Gasteiger partial charge in [0.1, 0.15) is 18.1 Å². The highest BCUT2D eigenvalue weighted by atomic mass is 35.5. The first-order valence-corrected chi connectivity index (χ1v) is 11.1. The van der Waals surface area contributed by atoms with E-state index in [1.807, 2.05) is 19.1 Å². The molecule has 3 aromatic rings. The lowest BCUT2D eigenvalue weighted by molar-refractivity contribution is 0.0601. The molecule has 35 heavy (non-hydrogen) atoms. The number of anilines is 1. The molecule has 8 nitrogen and oxygen atoms in total. The van der Waals surface area contributed by atoms with Crippen LogP contribution in [-0.4, -0.2) is 39.8 Å². The number of hydrogen-bond acceptors (Lipinski definition) is 7. The van der Waals surface area contributed by atoms with E-state index in [1.54, 1.807) is 30.3 Å². The van der Waals surface area contributed by atoms with Crippen LogP contribution in [0.4, 0.5) is 5.69 Å². The molecule has 3 rings (SSSR count). The lowest BCUT2D eigenvalue weighted by atomic mass is 10.1. The van der Waals surface area contributed by atoms with E-state index in [0.29, 0.717) is 45.8 Å². The molecule has 0 aliphatic rings. The van der Waals surface area contributed by atoms with Gasteiger partial charge in [-0.25, -0.2) is 4.79 Å². The fourth-order valence-electron chi connectivity index (χ4n) is 3.30. The monoisotopic (exact) mass is 499 g/mol. The van der Waals surface area contributed by atoms with Gasteiger partial charge in [0.15, 0.2) is 11.5 Å². The summed E-state index contributed by atoms with van der Waals surface area (Å²) >= 11 is 6.18. The standard InChI is InChI=1S/C26H26ClNO7/c1-5-34-21-11-10-16(12-17(21)15-35-22-9-7-6-8-19(22)27)25(29)28-20-14-24(32-3)23(31-2)13-18(20)26(30)33-4/h6-14H,5,15H2,1-4H3,(H,28,29). The second kappa shape index (κ2) is 12.0. The summed E-state index contributed by atoms with van der Waals surface area (Å²) in [5.41, 5.74) is 1.31. The molecule has 0 aliphatic carbocycles. The molecule has 0 atom stereocenters. The Kier molecular flexibility index (Phi) is 8.80. The minimum absolute atomic E-state index is 0.117. The van der Waals surface area contributed by atoms with E-state index in [9.17, 15) is 9.59 Å². The van der Waals surface area contributed by atoms with Gasteiger partial charge < -0.3 is 29.0 Å². The first-order chi connectivity index (χ1) is 16.9. The van der Waals surface area contributed by atoms with Gasteiger partial charge in [-0.3, -0.25) is 4.79 Å². The maximum absolute atomic E-state index is 13.1. The largest absolute Gasteiger partial charge is 0.493 e. The van der Waals surface area contributed by atoms with Crippen LogP contribution in [0.5, 0.6) is 23.0 Å². The summed E-state index contributed by atoms with van der Waals surface area (Å²) in [4.78, 5) is 25.5. The summed E-state index contributed by atoms with van der Waals surface area (Å²) in [6, 6.07) is 15.0. The number of para-hydroxylation sites is 1. The van der Waals surface area contributed by atoms with Crippen molar-refractivity contribution in [1.29, 1.82) is 0 Å². The highest BCUT2D eigenvalue weighted by Crippen LogP contribution is 2.34. The number of halogens is 1. The Morgan fingerprint density at radius 2 is 1.57 bits per heavy atom. The molecule has 0 heterocycles. The molecular formula is C26H26ClNO7. The van der Waals surface area contributed by atoms with Crippen molar-refractivity contribution in [2.24, 2.45) is 0 Å². The van der Waals surface area contributed by atoms with Gasteiger partial charge >= 0.3 is 5.97 Å². The predicted molar refractivity (Wildman–Crippen MR) is 132 cm³/mol. The number of hydrogen-bond donors (Lipinski definition) is 1. The number of carbonyl (C=O) groups is 2. The molecule has 0 radical (unpaired) electrons. The minimum atomic E-state index is -0.637. The number of benzene rings is 3. The first-order valence-electron chi connectivity index (χ1n) is 10.7. The van der Waals surface area contributed by atoms with Crippen molar-refractivity contribution in [3.63, 3.8) is 0 Å². The Morgan fingerprint density at radius 3 is 2.23 bits per heavy atom. The Labute approximate surface area is 208 Å². The van der Waals surface area contributed by atoms with E-state index in [-0.39, 0.29) is 17.9 Å². The third-order valence-electron chi connectivity index (χ3n) is 5.02. The number of amides is 1. The highest BCUT2D eigenvalue weighted by molar-refractivity contribution is 6.32. The molecule has 0 aromatic heterocycles. The van der Waals surface area contributed by atoms with Gasteiger partial charge in [-0.1, -0.05) is 23.7 Å². The van der Waals surface area contributed by atoms with E-state index in [4.69, 9.17) is 35.3 Å². The summed E-state index contributed by atoms with van der Waals surface area (Å²) in [7, 11) is 4.16. The molecule has 0 spiro atoms. The van der Waals surface area contributed by atoms with Crippen LogP contribution in [0.15, 0.2) is 54.6 Å². The molecule has 1 N–H and O–H groups in total. The van der Waals surface area contributed by atoms with E-state index < -0.39 is 11.9 Å². The number of carbonyl (C=O) groups excluding carboxylic acids is 2. The zero-order valence-corrected chi connectivity index (χ0v) is 20.6. The Balaban J connectivity index is 1.91.